The molecule has 1 heterocycles. The first-order valence-electron chi connectivity index (χ1n) is 8.08. The van der Waals surface area contributed by atoms with Gasteiger partial charge in [0.1, 0.15) is 0 Å². The van der Waals surface area contributed by atoms with E-state index in [4.69, 9.17) is 11.6 Å². The molecule has 0 amide bonds. The van der Waals surface area contributed by atoms with Crippen LogP contribution in [0.25, 0.3) is 0 Å². The zero-order valence-corrected chi connectivity index (χ0v) is 14.8. The van der Waals surface area contributed by atoms with Crippen LogP contribution >= 0.6 is 11.6 Å². The minimum Gasteiger partial charge on any atom is -0.368 e. The van der Waals surface area contributed by atoms with Gasteiger partial charge in [-0.25, -0.2) is 0 Å². The molecule has 0 aliphatic carbocycles. The standard InChI is InChI=1S/C18H29ClN2/c1-13-8-7-11-21(14(13)2)17-10-6-9-16(19)15(17)12-20-18(3,4)5/h6,9-10,13-14,20H,7-8,11-12H2,1-5H3. The molecule has 0 spiro atoms. The van der Waals surface area contributed by atoms with Crippen molar-refractivity contribution in [2.75, 3.05) is 11.4 Å². The highest BCUT2D eigenvalue weighted by Gasteiger charge is 2.27. The first-order chi connectivity index (χ1) is 9.79. The predicted molar refractivity (Wildman–Crippen MR) is 93.3 cm³/mol. The number of anilines is 1. The molecule has 1 aromatic rings. The second kappa shape index (κ2) is 6.58. The number of piperidine rings is 1. The van der Waals surface area contributed by atoms with Gasteiger partial charge in [0.25, 0.3) is 0 Å². The Hall–Kier alpha value is -0.730. The molecular weight excluding hydrogens is 280 g/mol. The van der Waals surface area contributed by atoms with E-state index in [1.54, 1.807) is 0 Å². The highest BCUT2D eigenvalue weighted by Crippen LogP contribution is 2.34. The first-order valence-corrected chi connectivity index (χ1v) is 8.46. The van der Waals surface area contributed by atoms with E-state index in [2.05, 4.69) is 57.0 Å². The van der Waals surface area contributed by atoms with Crippen LogP contribution < -0.4 is 10.2 Å². The summed E-state index contributed by atoms with van der Waals surface area (Å²) >= 11 is 6.49. The molecule has 2 rings (SSSR count). The summed E-state index contributed by atoms with van der Waals surface area (Å²) < 4.78 is 0. The van der Waals surface area contributed by atoms with Crippen LogP contribution in [0.5, 0.6) is 0 Å². The average molecular weight is 309 g/mol. The van der Waals surface area contributed by atoms with Gasteiger partial charge in [-0.1, -0.05) is 24.6 Å². The van der Waals surface area contributed by atoms with Gasteiger partial charge in [0.2, 0.25) is 0 Å². The van der Waals surface area contributed by atoms with Crippen molar-refractivity contribution in [3.63, 3.8) is 0 Å². The fourth-order valence-corrected chi connectivity index (χ4v) is 3.26. The van der Waals surface area contributed by atoms with E-state index < -0.39 is 0 Å². The van der Waals surface area contributed by atoms with Crippen LogP contribution in [0.4, 0.5) is 5.69 Å². The third kappa shape index (κ3) is 4.14. The largest absolute Gasteiger partial charge is 0.368 e. The Morgan fingerprint density at radius 3 is 2.67 bits per heavy atom. The summed E-state index contributed by atoms with van der Waals surface area (Å²) in [4.78, 5) is 2.54. The molecule has 1 aliphatic rings. The zero-order chi connectivity index (χ0) is 15.6. The van der Waals surface area contributed by atoms with Crippen molar-refractivity contribution < 1.29 is 0 Å². The van der Waals surface area contributed by atoms with E-state index in [1.165, 1.54) is 24.1 Å². The summed E-state index contributed by atoms with van der Waals surface area (Å²) in [6.07, 6.45) is 2.60. The van der Waals surface area contributed by atoms with Gasteiger partial charge in [0, 0.05) is 40.9 Å². The number of hydrogen-bond donors (Lipinski definition) is 1. The monoisotopic (exact) mass is 308 g/mol. The maximum atomic E-state index is 6.49. The molecule has 2 nitrogen and oxygen atoms in total. The number of hydrogen-bond acceptors (Lipinski definition) is 2. The van der Waals surface area contributed by atoms with Crippen molar-refractivity contribution in [2.45, 2.75) is 65.6 Å². The molecule has 0 aromatic heterocycles. The van der Waals surface area contributed by atoms with Crippen LogP contribution in [0, 0.1) is 5.92 Å². The molecule has 118 valence electrons. The summed E-state index contributed by atoms with van der Waals surface area (Å²) in [6, 6.07) is 6.87. The number of halogens is 1. The van der Waals surface area contributed by atoms with E-state index in [0.29, 0.717) is 6.04 Å². The Labute approximate surface area is 134 Å². The van der Waals surface area contributed by atoms with Crippen molar-refractivity contribution in [3.8, 4) is 0 Å². The number of rotatable bonds is 3. The van der Waals surface area contributed by atoms with Crippen molar-refractivity contribution in [2.24, 2.45) is 5.92 Å². The van der Waals surface area contributed by atoms with Gasteiger partial charge >= 0.3 is 0 Å². The number of nitrogens with zero attached hydrogens (tertiary/aromatic N) is 1. The SMILES string of the molecule is CC1CCCN(c2cccc(Cl)c2CNC(C)(C)C)C1C. The van der Waals surface area contributed by atoms with Gasteiger partial charge in [-0.05, 0) is 58.6 Å². The van der Waals surface area contributed by atoms with Gasteiger partial charge in [0.15, 0.2) is 0 Å². The minimum atomic E-state index is 0.0945. The molecule has 3 heteroatoms. The third-order valence-electron chi connectivity index (χ3n) is 4.57. The smallest absolute Gasteiger partial charge is 0.0471 e. The lowest BCUT2D eigenvalue weighted by Crippen LogP contribution is -2.43. The molecule has 1 N–H and O–H groups in total. The first kappa shape index (κ1) is 16.6. The van der Waals surface area contributed by atoms with E-state index in [0.717, 1.165) is 24.0 Å². The molecule has 1 saturated heterocycles. The van der Waals surface area contributed by atoms with Crippen molar-refractivity contribution in [1.29, 1.82) is 0 Å². The molecule has 0 saturated carbocycles. The Morgan fingerprint density at radius 2 is 2.00 bits per heavy atom. The normalized spacial score (nSPS) is 23.4. The molecular formula is C18H29ClN2. The van der Waals surface area contributed by atoms with Crippen LogP contribution in [0.15, 0.2) is 18.2 Å². The lowest BCUT2D eigenvalue weighted by atomic mass is 9.91. The van der Waals surface area contributed by atoms with Crippen LogP contribution in [0.2, 0.25) is 5.02 Å². The molecule has 1 aliphatic heterocycles. The predicted octanol–water partition coefficient (Wildman–Crippen LogP) is 4.85. The highest BCUT2D eigenvalue weighted by molar-refractivity contribution is 6.31. The van der Waals surface area contributed by atoms with Crippen LogP contribution in [0.1, 0.15) is 53.0 Å². The lowest BCUT2D eigenvalue weighted by Gasteiger charge is -2.41. The maximum Gasteiger partial charge on any atom is 0.0471 e. The lowest BCUT2D eigenvalue weighted by molar-refractivity contribution is 0.362. The van der Waals surface area contributed by atoms with Gasteiger partial charge in [0.05, 0.1) is 0 Å². The Balaban J connectivity index is 2.28. The minimum absolute atomic E-state index is 0.0945. The fourth-order valence-electron chi connectivity index (χ4n) is 3.02. The quantitative estimate of drug-likeness (QED) is 0.858. The highest BCUT2D eigenvalue weighted by atomic mass is 35.5. The topological polar surface area (TPSA) is 15.3 Å². The Morgan fingerprint density at radius 1 is 1.29 bits per heavy atom. The van der Waals surface area contributed by atoms with E-state index in [-0.39, 0.29) is 5.54 Å². The fraction of sp³-hybridized carbons (Fsp3) is 0.667. The summed E-state index contributed by atoms with van der Waals surface area (Å²) in [6.45, 7) is 13.2. The van der Waals surface area contributed by atoms with Gasteiger partial charge in [-0.3, -0.25) is 0 Å². The van der Waals surface area contributed by atoms with E-state index in [1.807, 2.05) is 6.07 Å². The third-order valence-corrected chi connectivity index (χ3v) is 4.93. The van der Waals surface area contributed by atoms with Crippen LogP contribution in [0.3, 0.4) is 0 Å². The van der Waals surface area contributed by atoms with Gasteiger partial charge in [-0.15, -0.1) is 0 Å². The van der Waals surface area contributed by atoms with E-state index >= 15 is 0 Å². The average Bonchev–Trinajstić information content (AvgIpc) is 2.39. The van der Waals surface area contributed by atoms with Crippen molar-refractivity contribution >= 4 is 17.3 Å². The Bertz CT molecular complexity index is 479. The molecule has 1 aromatic carbocycles. The second-order valence-corrected chi connectivity index (χ2v) is 7.80. The number of nitrogens with one attached hydrogen (secondary N) is 1. The molecule has 0 radical (unpaired) electrons. The second-order valence-electron chi connectivity index (χ2n) is 7.39. The molecule has 21 heavy (non-hydrogen) atoms. The van der Waals surface area contributed by atoms with Crippen LogP contribution in [-0.4, -0.2) is 18.1 Å². The van der Waals surface area contributed by atoms with Gasteiger partial charge in [-0.2, -0.15) is 0 Å². The molecule has 2 atom stereocenters. The summed E-state index contributed by atoms with van der Waals surface area (Å²) in [5, 5.41) is 4.44. The zero-order valence-electron chi connectivity index (χ0n) is 14.0. The van der Waals surface area contributed by atoms with Crippen molar-refractivity contribution in [3.05, 3.63) is 28.8 Å². The summed E-state index contributed by atoms with van der Waals surface area (Å²) in [5.41, 5.74) is 2.63. The molecule has 0 bridgehead atoms. The molecule has 2 unspecified atom stereocenters. The summed E-state index contributed by atoms with van der Waals surface area (Å²) in [7, 11) is 0. The molecule has 1 fully saturated rings. The van der Waals surface area contributed by atoms with Gasteiger partial charge < -0.3 is 10.2 Å². The summed E-state index contributed by atoms with van der Waals surface area (Å²) in [5.74, 6) is 0.737. The Kier molecular flexibility index (Phi) is 5.21. The van der Waals surface area contributed by atoms with Crippen molar-refractivity contribution in [1.82, 2.24) is 5.32 Å². The maximum absolute atomic E-state index is 6.49. The van der Waals surface area contributed by atoms with E-state index in [9.17, 15) is 0 Å². The number of benzene rings is 1. The van der Waals surface area contributed by atoms with Crippen LogP contribution in [-0.2, 0) is 6.54 Å².